The number of aryl methyl sites for hydroxylation is 1. The van der Waals surface area contributed by atoms with Gasteiger partial charge in [0.2, 0.25) is 0 Å². The van der Waals surface area contributed by atoms with Crippen molar-refractivity contribution < 1.29 is 13.5 Å². The van der Waals surface area contributed by atoms with Gasteiger partial charge >= 0.3 is 6.61 Å². The van der Waals surface area contributed by atoms with E-state index in [0.717, 1.165) is 12.8 Å². The Balaban J connectivity index is 1.75. The van der Waals surface area contributed by atoms with Crippen LogP contribution in [0.1, 0.15) is 18.9 Å². The molecule has 0 heterocycles. The summed E-state index contributed by atoms with van der Waals surface area (Å²) in [4.78, 5) is 0. The molecular weight excluding hydrogens is 330 g/mol. The highest BCUT2D eigenvalue weighted by atomic mass is 32.1. The first-order valence-corrected chi connectivity index (χ1v) is 8.10. The monoisotopic (exact) mass is 350 g/mol. The van der Waals surface area contributed by atoms with Crippen LogP contribution in [-0.4, -0.2) is 17.8 Å². The maximum atomic E-state index is 12.1. The van der Waals surface area contributed by atoms with Gasteiger partial charge < -0.3 is 15.4 Å². The van der Waals surface area contributed by atoms with Crippen LogP contribution in [0.25, 0.3) is 0 Å². The van der Waals surface area contributed by atoms with E-state index in [1.807, 2.05) is 18.2 Å². The Morgan fingerprint density at radius 3 is 2.38 bits per heavy atom. The molecule has 0 spiro atoms. The minimum Gasteiger partial charge on any atom is -0.435 e. The fraction of sp³-hybridized carbons (Fsp3) is 0.278. The Morgan fingerprint density at radius 1 is 1.08 bits per heavy atom. The van der Waals surface area contributed by atoms with E-state index in [1.165, 1.54) is 17.7 Å². The normalized spacial score (nSPS) is 11.8. The smallest absolute Gasteiger partial charge is 0.387 e. The zero-order valence-electron chi connectivity index (χ0n) is 13.3. The van der Waals surface area contributed by atoms with E-state index >= 15 is 0 Å². The predicted octanol–water partition coefficient (Wildman–Crippen LogP) is 4.60. The Morgan fingerprint density at radius 2 is 1.75 bits per heavy atom. The average molecular weight is 350 g/mol. The van der Waals surface area contributed by atoms with Crippen molar-refractivity contribution in [3.63, 3.8) is 0 Å². The van der Waals surface area contributed by atoms with E-state index in [2.05, 4.69) is 34.4 Å². The minimum absolute atomic E-state index is 0.116. The lowest BCUT2D eigenvalue weighted by Gasteiger charge is -2.17. The fourth-order valence-corrected chi connectivity index (χ4v) is 2.53. The lowest BCUT2D eigenvalue weighted by Crippen LogP contribution is -2.36. The van der Waals surface area contributed by atoms with Gasteiger partial charge in [-0.2, -0.15) is 8.78 Å². The Labute approximate surface area is 146 Å². The van der Waals surface area contributed by atoms with E-state index in [-0.39, 0.29) is 11.8 Å². The van der Waals surface area contributed by atoms with Gasteiger partial charge in [-0.25, -0.2) is 0 Å². The second-order valence-electron chi connectivity index (χ2n) is 5.43. The van der Waals surface area contributed by atoms with Gasteiger partial charge in [0.1, 0.15) is 5.75 Å². The second kappa shape index (κ2) is 9.17. The molecule has 2 N–H and O–H groups in total. The van der Waals surface area contributed by atoms with Crippen molar-refractivity contribution in [1.82, 2.24) is 5.32 Å². The topological polar surface area (TPSA) is 33.3 Å². The van der Waals surface area contributed by atoms with Gasteiger partial charge in [0.15, 0.2) is 5.11 Å². The first kappa shape index (κ1) is 18.1. The summed E-state index contributed by atoms with van der Waals surface area (Å²) < 4.78 is 28.5. The van der Waals surface area contributed by atoms with Gasteiger partial charge in [-0.15, -0.1) is 0 Å². The summed E-state index contributed by atoms with van der Waals surface area (Å²) in [6, 6.07) is 16.7. The van der Waals surface area contributed by atoms with Gasteiger partial charge in [-0.3, -0.25) is 0 Å². The van der Waals surface area contributed by atoms with E-state index < -0.39 is 6.61 Å². The van der Waals surface area contributed by atoms with Crippen LogP contribution in [0.4, 0.5) is 14.5 Å². The molecule has 1 atom stereocenters. The molecule has 0 aliphatic heterocycles. The molecule has 0 bridgehead atoms. The van der Waals surface area contributed by atoms with E-state index in [0.29, 0.717) is 10.8 Å². The van der Waals surface area contributed by atoms with Crippen molar-refractivity contribution in [2.24, 2.45) is 0 Å². The number of rotatable bonds is 7. The number of halogens is 2. The number of alkyl halides is 2. The fourth-order valence-electron chi connectivity index (χ4n) is 2.21. The SMILES string of the molecule is C[C@@H](CCc1ccccc1)NC(=S)Nc1ccc(OC(F)F)cc1. The third kappa shape index (κ3) is 6.50. The van der Waals surface area contributed by atoms with Crippen molar-refractivity contribution in [3.05, 3.63) is 60.2 Å². The van der Waals surface area contributed by atoms with Gasteiger partial charge in [0.25, 0.3) is 0 Å². The van der Waals surface area contributed by atoms with Crippen molar-refractivity contribution in [2.75, 3.05) is 5.32 Å². The van der Waals surface area contributed by atoms with Crippen LogP contribution in [0.3, 0.4) is 0 Å². The van der Waals surface area contributed by atoms with E-state index in [1.54, 1.807) is 12.1 Å². The van der Waals surface area contributed by atoms with Gasteiger partial charge in [0, 0.05) is 11.7 Å². The van der Waals surface area contributed by atoms with Crippen molar-refractivity contribution in [2.45, 2.75) is 32.4 Å². The quantitative estimate of drug-likeness (QED) is 0.715. The number of hydrogen-bond donors (Lipinski definition) is 2. The molecule has 2 rings (SSSR count). The summed E-state index contributed by atoms with van der Waals surface area (Å²) in [6.45, 7) is -0.756. The Bertz CT molecular complexity index is 635. The first-order valence-electron chi connectivity index (χ1n) is 7.69. The third-order valence-electron chi connectivity index (χ3n) is 3.42. The first-order chi connectivity index (χ1) is 11.5. The largest absolute Gasteiger partial charge is 0.435 e. The number of ether oxygens (including phenoxy) is 1. The highest BCUT2D eigenvalue weighted by Gasteiger charge is 2.06. The molecule has 0 aromatic heterocycles. The van der Waals surface area contributed by atoms with Crippen LogP contribution >= 0.6 is 12.2 Å². The summed E-state index contributed by atoms with van der Waals surface area (Å²) in [7, 11) is 0. The highest BCUT2D eigenvalue weighted by Crippen LogP contribution is 2.17. The van der Waals surface area contributed by atoms with Crippen LogP contribution in [0.2, 0.25) is 0 Å². The number of nitrogens with one attached hydrogen (secondary N) is 2. The van der Waals surface area contributed by atoms with Crippen molar-refractivity contribution >= 4 is 23.0 Å². The summed E-state index contributed by atoms with van der Waals surface area (Å²) in [5.74, 6) is 0.116. The number of benzene rings is 2. The Hall–Kier alpha value is -2.21. The summed E-state index contributed by atoms with van der Waals surface area (Å²) in [6.07, 6.45) is 1.92. The second-order valence-corrected chi connectivity index (χ2v) is 5.83. The maximum Gasteiger partial charge on any atom is 0.387 e. The molecule has 2 aromatic carbocycles. The molecule has 128 valence electrons. The summed E-state index contributed by atoms with van der Waals surface area (Å²) >= 11 is 5.27. The van der Waals surface area contributed by atoms with E-state index in [4.69, 9.17) is 12.2 Å². The van der Waals surface area contributed by atoms with Crippen LogP contribution in [0, 0.1) is 0 Å². The molecule has 0 amide bonds. The van der Waals surface area contributed by atoms with Crippen LogP contribution in [0.5, 0.6) is 5.75 Å². The molecular formula is C18H20F2N2OS. The molecule has 0 saturated carbocycles. The third-order valence-corrected chi connectivity index (χ3v) is 3.64. The molecule has 0 fully saturated rings. The number of hydrogen-bond acceptors (Lipinski definition) is 2. The molecule has 0 aliphatic rings. The molecule has 0 saturated heterocycles. The Kier molecular flexibility index (Phi) is 6.93. The minimum atomic E-state index is -2.82. The lowest BCUT2D eigenvalue weighted by molar-refractivity contribution is -0.0498. The van der Waals surface area contributed by atoms with Gasteiger partial charge in [-0.1, -0.05) is 30.3 Å². The van der Waals surface area contributed by atoms with Gasteiger partial charge in [0.05, 0.1) is 0 Å². The van der Waals surface area contributed by atoms with Crippen molar-refractivity contribution in [1.29, 1.82) is 0 Å². The highest BCUT2D eigenvalue weighted by molar-refractivity contribution is 7.80. The summed E-state index contributed by atoms with van der Waals surface area (Å²) in [5.41, 5.74) is 2.00. The van der Waals surface area contributed by atoms with Crippen molar-refractivity contribution in [3.8, 4) is 5.75 Å². The average Bonchev–Trinajstić information content (AvgIpc) is 2.55. The maximum absolute atomic E-state index is 12.1. The molecule has 0 radical (unpaired) electrons. The zero-order valence-corrected chi connectivity index (χ0v) is 14.2. The van der Waals surface area contributed by atoms with Crippen LogP contribution in [-0.2, 0) is 6.42 Å². The number of anilines is 1. The number of thiocarbonyl (C=S) groups is 1. The zero-order chi connectivity index (χ0) is 17.4. The molecule has 0 aliphatic carbocycles. The predicted molar refractivity (Wildman–Crippen MR) is 96.7 cm³/mol. The molecule has 3 nitrogen and oxygen atoms in total. The van der Waals surface area contributed by atoms with Crippen LogP contribution < -0.4 is 15.4 Å². The van der Waals surface area contributed by atoms with Crippen LogP contribution in [0.15, 0.2) is 54.6 Å². The summed E-state index contributed by atoms with van der Waals surface area (Å²) in [5, 5.41) is 6.74. The molecule has 6 heteroatoms. The van der Waals surface area contributed by atoms with Gasteiger partial charge in [-0.05, 0) is 61.8 Å². The molecule has 24 heavy (non-hydrogen) atoms. The lowest BCUT2D eigenvalue weighted by atomic mass is 10.1. The molecule has 2 aromatic rings. The van der Waals surface area contributed by atoms with E-state index in [9.17, 15) is 8.78 Å². The molecule has 0 unspecified atom stereocenters. The standard InChI is InChI=1S/C18H20F2N2OS/c1-13(7-8-14-5-3-2-4-6-14)21-18(24)22-15-9-11-16(12-10-15)23-17(19)20/h2-6,9-13,17H,7-8H2,1H3,(H2,21,22,24)/t13-/m0/s1.